The predicted molar refractivity (Wildman–Crippen MR) is 86.8 cm³/mol. The molecule has 0 aromatic carbocycles. The molecule has 7 nitrogen and oxygen atoms in total. The van der Waals surface area contributed by atoms with Gasteiger partial charge in [-0.05, 0) is 27.3 Å². The summed E-state index contributed by atoms with van der Waals surface area (Å²) in [5, 5.41) is 4.26. The number of aromatic nitrogens is 2. The van der Waals surface area contributed by atoms with E-state index < -0.39 is 10.0 Å². The maximum absolute atomic E-state index is 13.1. The van der Waals surface area contributed by atoms with Gasteiger partial charge in [0.25, 0.3) is 0 Å². The van der Waals surface area contributed by atoms with Gasteiger partial charge in [0.05, 0.1) is 24.6 Å². The summed E-state index contributed by atoms with van der Waals surface area (Å²) in [5.74, 6) is 0.407. The fraction of sp³-hybridized carbons (Fsp3) is 0.800. The van der Waals surface area contributed by atoms with Crippen molar-refractivity contribution in [3.8, 4) is 0 Å². The molecule has 2 aliphatic heterocycles. The highest BCUT2D eigenvalue weighted by Crippen LogP contribution is 2.30. The number of piperidine rings is 1. The molecule has 2 saturated heterocycles. The Bertz CT molecular complexity index is 685. The second kappa shape index (κ2) is 6.16. The topological polar surface area (TPSA) is 67.7 Å². The van der Waals surface area contributed by atoms with Crippen molar-refractivity contribution in [1.82, 2.24) is 19.0 Å². The molecular formula is C15H26N4O3S. The van der Waals surface area contributed by atoms with E-state index in [-0.39, 0.29) is 6.04 Å². The smallest absolute Gasteiger partial charge is 0.246 e. The molecule has 2 aliphatic rings. The molecule has 0 bridgehead atoms. The highest BCUT2D eigenvalue weighted by Gasteiger charge is 2.40. The molecule has 2 atom stereocenters. The van der Waals surface area contributed by atoms with Crippen LogP contribution < -0.4 is 0 Å². The zero-order chi connectivity index (χ0) is 16.8. The third-order valence-electron chi connectivity index (χ3n) is 5.21. The van der Waals surface area contributed by atoms with Gasteiger partial charge in [0, 0.05) is 38.6 Å². The van der Waals surface area contributed by atoms with Crippen molar-refractivity contribution in [2.24, 2.45) is 13.0 Å². The van der Waals surface area contributed by atoms with Crippen LogP contribution in [0.3, 0.4) is 0 Å². The van der Waals surface area contributed by atoms with Crippen LogP contribution in [0.4, 0.5) is 0 Å². The average molecular weight is 342 g/mol. The first-order chi connectivity index (χ1) is 10.8. The molecule has 0 aliphatic carbocycles. The van der Waals surface area contributed by atoms with Gasteiger partial charge in [-0.15, -0.1) is 0 Å². The zero-order valence-corrected chi connectivity index (χ0v) is 15.1. The van der Waals surface area contributed by atoms with Gasteiger partial charge < -0.3 is 4.74 Å². The molecule has 0 spiro atoms. The van der Waals surface area contributed by atoms with Gasteiger partial charge >= 0.3 is 0 Å². The van der Waals surface area contributed by atoms with E-state index in [0.29, 0.717) is 35.3 Å². The SMILES string of the molecule is Cc1nn(C)c(C)c1S(=O)(=O)N1CC[C@@H]2COCCN(C)[C@@H]2C1. The summed E-state index contributed by atoms with van der Waals surface area (Å²) in [6.45, 7) is 6.95. The zero-order valence-electron chi connectivity index (χ0n) is 14.3. The van der Waals surface area contributed by atoms with Gasteiger partial charge in [-0.25, -0.2) is 8.42 Å². The number of sulfonamides is 1. The summed E-state index contributed by atoms with van der Waals surface area (Å²) in [6, 6.07) is 0.221. The van der Waals surface area contributed by atoms with Crippen LogP contribution in [0.2, 0.25) is 0 Å². The van der Waals surface area contributed by atoms with Crippen molar-refractivity contribution in [2.45, 2.75) is 31.2 Å². The number of fused-ring (bicyclic) bond motifs is 1. The monoisotopic (exact) mass is 342 g/mol. The summed E-state index contributed by atoms with van der Waals surface area (Å²) < 4.78 is 35.2. The van der Waals surface area contributed by atoms with E-state index in [1.54, 1.807) is 23.0 Å². The van der Waals surface area contributed by atoms with E-state index in [2.05, 4.69) is 17.0 Å². The first-order valence-electron chi connectivity index (χ1n) is 8.10. The van der Waals surface area contributed by atoms with Crippen molar-refractivity contribution in [1.29, 1.82) is 0 Å². The predicted octanol–water partition coefficient (Wildman–Crippen LogP) is 0.378. The van der Waals surface area contributed by atoms with E-state index in [1.165, 1.54) is 0 Å². The molecule has 0 radical (unpaired) electrons. The third-order valence-corrected chi connectivity index (χ3v) is 7.33. The number of hydrogen-bond donors (Lipinski definition) is 0. The van der Waals surface area contributed by atoms with Crippen molar-refractivity contribution in [3.05, 3.63) is 11.4 Å². The molecule has 23 heavy (non-hydrogen) atoms. The molecular weight excluding hydrogens is 316 g/mol. The Morgan fingerprint density at radius 2 is 1.96 bits per heavy atom. The first-order valence-corrected chi connectivity index (χ1v) is 9.54. The molecule has 130 valence electrons. The standard InChI is InChI=1S/C15H26N4O3S/c1-11-15(12(2)18(4)16-11)23(20,21)19-6-5-13-10-22-8-7-17(3)14(13)9-19/h13-14H,5-10H2,1-4H3/t13-,14-/m1/s1. The van der Waals surface area contributed by atoms with Crippen LogP contribution in [0.25, 0.3) is 0 Å². The number of rotatable bonds is 2. The van der Waals surface area contributed by atoms with Crippen LogP contribution in [0.1, 0.15) is 17.8 Å². The van der Waals surface area contributed by atoms with Crippen molar-refractivity contribution >= 4 is 10.0 Å². The number of likely N-dealkylation sites (N-methyl/N-ethyl adjacent to an activating group) is 1. The minimum Gasteiger partial charge on any atom is -0.380 e. The van der Waals surface area contributed by atoms with Crippen LogP contribution in [0.5, 0.6) is 0 Å². The summed E-state index contributed by atoms with van der Waals surface area (Å²) in [5.41, 5.74) is 1.27. The lowest BCUT2D eigenvalue weighted by Gasteiger charge is -2.40. The highest BCUT2D eigenvalue weighted by atomic mass is 32.2. The van der Waals surface area contributed by atoms with Gasteiger partial charge in [-0.2, -0.15) is 9.40 Å². The Balaban J connectivity index is 1.89. The van der Waals surface area contributed by atoms with Gasteiger partial charge in [-0.3, -0.25) is 9.58 Å². The molecule has 0 unspecified atom stereocenters. The molecule has 0 saturated carbocycles. The Morgan fingerprint density at radius 1 is 1.22 bits per heavy atom. The molecule has 0 amide bonds. The van der Waals surface area contributed by atoms with Crippen molar-refractivity contribution in [3.63, 3.8) is 0 Å². The van der Waals surface area contributed by atoms with E-state index in [4.69, 9.17) is 4.74 Å². The fourth-order valence-corrected chi connectivity index (χ4v) is 5.60. The second-order valence-electron chi connectivity index (χ2n) is 6.66. The van der Waals surface area contributed by atoms with E-state index >= 15 is 0 Å². The second-order valence-corrected chi connectivity index (χ2v) is 8.53. The minimum absolute atomic E-state index is 0.221. The van der Waals surface area contributed by atoms with Crippen LogP contribution in [0, 0.1) is 19.8 Å². The summed E-state index contributed by atoms with van der Waals surface area (Å²) in [4.78, 5) is 2.61. The van der Waals surface area contributed by atoms with Crippen LogP contribution in [-0.2, 0) is 21.8 Å². The van der Waals surface area contributed by atoms with Gasteiger partial charge in [-0.1, -0.05) is 0 Å². The number of hydrogen-bond acceptors (Lipinski definition) is 5. The molecule has 3 rings (SSSR count). The molecule has 0 N–H and O–H groups in total. The Labute approximate surface area is 138 Å². The maximum atomic E-state index is 13.1. The minimum atomic E-state index is -3.51. The molecule has 2 fully saturated rings. The summed E-state index contributed by atoms with van der Waals surface area (Å²) in [6.07, 6.45) is 0.840. The molecule has 3 heterocycles. The average Bonchev–Trinajstić information content (AvgIpc) is 2.66. The largest absolute Gasteiger partial charge is 0.380 e. The van der Waals surface area contributed by atoms with Crippen LogP contribution >= 0.6 is 0 Å². The molecule has 1 aromatic rings. The lowest BCUT2D eigenvalue weighted by atomic mass is 9.93. The Hall–Kier alpha value is -0.960. The van der Waals surface area contributed by atoms with Gasteiger partial charge in [0.1, 0.15) is 4.90 Å². The molecule has 1 aromatic heterocycles. The summed E-state index contributed by atoms with van der Waals surface area (Å²) >= 11 is 0. The number of nitrogens with zero attached hydrogens (tertiary/aromatic N) is 4. The maximum Gasteiger partial charge on any atom is 0.246 e. The van der Waals surface area contributed by atoms with E-state index in [9.17, 15) is 8.42 Å². The Morgan fingerprint density at radius 3 is 2.61 bits per heavy atom. The summed E-state index contributed by atoms with van der Waals surface area (Å²) in [7, 11) is 0.334. The first kappa shape index (κ1) is 16.9. The Kier molecular flexibility index (Phi) is 4.52. The van der Waals surface area contributed by atoms with Crippen LogP contribution in [-0.4, -0.2) is 73.3 Å². The van der Waals surface area contributed by atoms with Gasteiger partial charge in [0.15, 0.2) is 0 Å². The number of aryl methyl sites for hydroxylation is 2. The normalized spacial score (nSPS) is 27.7. The van der Waals surface area contributed by atoms with Crippen molar-refractivity contribution in [2.75, 3.05) is 39.9 Å². The van der Waals surface area contributed by atoms with Gasteiger partial charge in [0.2, 0.25) is 10.0 Å². The fourth-order valence-electron chi connectivity index (χ4n) is 3.73. The van der Waals surface area contributed by atoms with Crippen molar-refractivity contribution < 1.29 is 13.2 Å². The number of ether oxygens (including phenoxy) is 1. The van der Waals surface area contributed by atoms with E-state index in [1.807, 2.05) is 6.92 Å². The highest BCUT2D eigenvalue weighted by molar-refractivity contribution is 7.89. The third kappa shape index (κ3) is 2.93. The lowest BCUT2D eigenvalue weighted by molar-refractivity contribution is 0.0859. The van der Waals surface area contributed by atoms with Crippen LogP contribution in [0.15, 0.2) is 4.90 Å². The lowest BCUT2D eigenvalue weighted by Crippen LogP contribution is -2.53. The molecule has 8 heteroatoms. The van der Waals surface area contributed by atoms with E-state index in [0.717, 1.165) is 26.2 Å². The quantitative estimate of drug-likeness (QED) is 0.777.